The molecule has 0 saturated carbocycles. The molecule has 0 atom stereocenters. The monoisotopic (exact) mass is 228 g/mol. The zero-order chi connectivity index (χ0) is 11.7. The van der Waals surface area contributed by atoms with Crippen molar-refractivity contribution in [3.63, 3.8) is 0 Å². The molecule has 0 spiro atoms. The zero-order valence-electron chi connectivity index (χ0n) is 10.4. The molecule has 0 bridgehead atoms. The molecule has 0 radical (unpaired) electrons. The summed E-state index contributed by atoms with van der Waals surface area (Å²) in [5.41, 5.74) is 4.24. The molecule has 3 rings (SSSR count). The first-order chi connectivity index (χ1) is 8.38. The van der Waals surface area contributed by atoms with E-state index >= 15 is 0 Å². The van der Waals surface area contributed by atoms with Crippen LogP contribution in [0.15, 0.2) is 24.4 Å². The van der Waals surface area contributed by atoms with Crippen molar-refractivity contribution in [2.75, 3.05) is 13.1 Å². The number of hydrogen-bond acceptors (Lipinski definition) is 1. The standard InChI is InChI=1S/C15H20N2/c1-2-11-10-17-15-4-3-13(9-14(11)15)12-5-7-16-8-6-12/h3-4,9-10,12,16-17H,2,5-8H2,1H3. The summed E-state index contributed by atoms with van der Waals surface area (Å²) in [5.74, 6) is 0.750. The quantitative estimate of drug-likeness (QED) is 0.811. The van der Waals surface area contributed by atoms with Crippen molar-refractivity contribution in [2.24, 2.45) is 0 Å². The van der Waals surface area contributed by atoms with Gasteiger partial charge in [0, 0.05) is 17.1 Å². The van der Waals surface area contributed by atoms with E-state index in [1.54, 1.807) is 0 Å². The third-order valence-electron chi connectivity index (χ3n) is 3.98. The highest BCUT2D eigenvalue weighted by molar-refractivity contribution is 5.84. The maximum Gasteiger partial charge on any atom is 0.0456 e. The smallest absolute Gasteiger partial charge is 0.0456 e. The van der Waals surface area contributed by atoms with Crippen molar-refractivity contribution < 1.29 is 0 Å². The van der Waals surface area contributed by atoms with Crippen LogP contribution in [0.5, 0.6) is 0 Å². The van der Waals surface area contributed by atoms with Gasteiger partial charge in [0.25, 0.3) is 0 Å². The van der Waals surface area contributed by atoms with Gasteiger partial charge in [0.1, 0.15) is 0 Å². The summed E-state index contributed by atoms with van der Waals surface area (Å²) in [7, 11) is 0. The van der Waals surface area contributed by atoms with E-state index in [1.165, 1.54) is 34.9 Å². The summed E-state index contributed by atoms with van der Waals surface area (Å²) in [5, 5.41) is 4.85. The van der Waals surface area contributed by atoms with Gasteiger partial charge in [-0.15, -0.1) is 0 Å². The predicted molar refractivity (Wildman–Crippen MR) is 72.5 cm³/mol. The van der Waals surface area contributed by atoms with E-state index in [9.17, 15) is 0 Å². The fourth-order valence-electron chi connectivity index (χ4n) is 2.90. The molecule has 1 saturated heterocycles. The van der Waals surface area contributed by atoms with E-state index in [0.717, 1.165) is 25.4 Å². The van der Waals surface area contributed by atoms with Crippen molar-refractivity contribution in [1.82, 2.24) is 10.3 Å². The number of H-pyrrole nitrogens is 1. The third-order valence-corrected chi connectivity index (χ3v) is 3.98. The van der Waals surface area contributed by atoms with Crippen molar-refractivity contribution in [1.29, 1.82) is 0 Å². The molecule has 2 N–H and O–H groups in total. The van der Waals surface area contributed by atoms with Crippen molar-refractivity contribution >= 4 is 10.9 Å². The second-order valence-electron chi connectivity index (χ2n) is 5.00. The van der Waals surface area contributed by atoms with E-state index in [-0.39, 0.29) is 0 Å². The van der Waals surface area contributed by atoms with Crippen molar-refractivity contribution in [3.05, 3.63) is 35.5 Å². The molecule has 1 aromatic carbocycles. The van der Waals surface area contributed by atoms with Crippen LogP contribution in [0.3, 0.4) is 0 Å². The van der Waals surface area contributed by atoms with Crippen LogP contribution in [0.25, 0.3) is 10.9 Å². The summed E-state index contributed by atoms with van der Waals surface area (Å²) in [6, 6.07) is 6.95. The topological polar surface area (TPSA) is 27.8 Å². The maximum absolute atomic E-state index is 3.43. The van der Waals surface area contributed by atoms with E-state index < -0.39 is 0 Å². The van der Waals surface area contributed by atoms with Gasteiger partial charge in [-0.3, -0.25) is 0 Å². The highest BCUT2D eigenvalue weighted by Crippen LogP contribution is 2.29. The van der Waals surface area contributed by atoms with Gasteiger partial charge in [-0.1, -0.05) is 13.0 Å². The van der Waals surface area contributed by atoms with Gasteiger partial charge in [-0.25, -0.2) is 0 Å². The Morgan fingerprint density at radius 1 is 1.24 bits per heavy atom. The molecule has 1 fully saturated rings. The zero-order valence-corrected chi connectivity index (χ0v) is 10.4. The van der Waals surface area contributed by atoms with E-state index in [0.29, 0.717) is 0 Å². The number of piperidine rings is 1. The summed E-state index contributed by atoms with van der Waals surface area (Å²) in [6.45, 7) is 4.55. The minimum absolute atomic E-state index is 0.750. The Labute approximate surface area is 102 Å². The Kier molecular flexibility index (Phi) is 2.89. The average molecular weight is 228 g/mol. The molecule has 0 aliphatic carbocycles. The molecule has 1 aliphatic rings. The third kappa shape index (κ3) is 1.98. The maximum atomic E-state index is 3.43. The summed E-state index contributed by atoms with van der Waals surface area (Å²) < 4.78 is 0. The molecule has 90 valence electrons. The van der Waals surface area contributed by atoms with Crippen LogP contribution in [0, 0.1) is 0 Å². The van der Waals surface area contributed by atoms with E-state index in [4.69, 9.17) is 0 Å². The molecule has 1 aromatic heterocycles. The molecule has 1 aliphatic heterocycles. The normalized spacial score (nSPS) is 17.7. The second kappa shape index (κ2) is 4.53. The van der Waals surface area contributed by atoms with Crippen LogP contribution in [0.4, 0.5) is 0 Å². The molecular formula is C15H20N2. The van der Waals surface area contributed by atoms with Crippen LogP contribution in [0.2, 0.25) is 0 Å². The molecule has 2 heteroatoms. The highest BCUT2D eigenvalue weighted by Gasteiger charge is 2.15. The minimum Gasteiger partial charge on any atom is -0.361 e. The fourth-order valence-corrected chi connectivity index (χ4v) is 2.90. The van der Waals surface area contributed by atoms with E-state index in [1.807, 2.05) is 0 Å². The number of benzene rings is 1. The number of aromatic nitrogens is 1. The number of fused-ring (bicyclic) bond motifs is 1. The van der Waals surface area contributed by atoms with Crippen molar-refractivity contribution in [2.45, 2.75) is 32.1 Å². The lowest BCUT2D eigenvalue weighted by molar-refractivity contribution is 0.460. The van der Waals surface area contributed by atoms with Crippen LogP contribution in [-0.4, -0.2) is 18.1 Å². The van der Waals surface area contributed by atoms with Gasteiger partial charge >= 0.3 is 0 Å². The van der Waals surface area contributed by atoms with Crippen LogP contribution in [0.1, 0.15) is 36.8 Å². The first kappa shape index (κ1) is 10.8. The number of nitrogens with one attached hydrogen (secondary N) is 2. The van der Waals surface area contributed by atoms with Gasteiger partial charge in [0.2, 0.25) is 0 Å². The first-order valence-corrected chi connectivity index (χ1v) is 6.69. The van der Waals surface area contributed by atoms with Gasteiger partial charge in [-0.2, -0.15) is 0 Å². The molecule has 0 amide bonds. The molecule has 2 aromatic rings. The molecule has 0 unspecified atom stereocenters. The molecule has 2 nitrogen and oxygen atoms in total. The van der Waals surface area contributed by atoms with E-state index in [2.05, 4.69) is 41.6 Å². The lowest BCUT2D eigenvalue weighted by Gasteiger charge is -2.23. The molecule has 17 heavy (non-hydrogen) atoms. The van der Waals surface area contributed by atoms with Gasteiger partial charge in [-0.05, 0) is 61.5 Å². The lowest BCUT2D eigenvalue weighted by atomic mass is 9.89. The van der Waals surface area contributed by atoms with Crippen LogP contribution in [-0.2, 0) is 6.42 Å². The summed E-state index contributed by atoms with van der Waals surface area (Å²) in [6.07, 6.45) is 5.81. The SMILES string of the molecule is CCc1c[nH]c2ccc(C3CCNCC3)cc12. The van der Waals surface area contributed by atoms with Gasteiger partial charge in [0.05, 0.1) is 0 Å². The Hall–Kier alpha value is -1.28. The van der Waals surface area contributed by atoms with Crippen LogP contribution >= 0.6 is 0 Å². The molecule has 2 heterocycles. The van der Waals surface area contributed by atoms with Gasteiger partial charge in [0.15, 0.2) is 0 Å². The predicted octanol–water partition coefficient (Wildman–Crippen LogP) is 3.20. The Morgan fingerprint density at radius 3 is 2.82 bits per heavy atom. The van der Waals surface area contributed by atoms with Crippen molar-refractivity contribution in [3.8, 4) is 0 Å². The number of aromatic amines is 1. The lowest BCUT2D eigenvalue weighted by Crippen LogP contribution is -2.26. The second-order valence-corrected chi connectivity index (χ2v) is 5.00. The van der Waals surface area contributed by atoms with Crippen LogP contribution < -0.4 is 5.32 Å². The molecular weight excluding hydrogens is 208 g/mol. The first-order valence-electron chi connectivity index (χ1n) is 6.69. The highest BCUT2D eigenvalue weighted by atomic mass is 14.9. The number of rotatable bonds is 2. The van der Waals surface area contributed by atoms with Gasteiger partial charge < -0.3 is 10.3 Å². The Balaban J connectivity index is 1.99. The summed E-state index contributed by atoms with van der Waals surface area (Å²) in [4.78, 5) is 3.36. The largest absolute Gasteiger partial charge is 0.361 e. The Morgan fingerprint density at radius 2 is 2.06 bits per heavy atom. The Bertz CT molecular complexity index is 507. The summed E-state index contributed by atoms with van der Waals surface area (Å²) >= 11 is 0. The minimum atomic E-state index is 0.750. The number of hydrogen-bond donors (Lipinski definition) is 2. The average Bonchev–Trinajstić information content (AvgIpc) is 2.81. The number of aryl methyl sites for hydroxylation is 1. The fraction of sp³-hybridized carbons (Fsp3) is 0.467.